The van der Waals surface area contributed by atoms with Crippen molar-refractivity contribution in [3.05, 3.63) is 47.3 Å². The maximum absolute atomic E-state index is 12.7. The summed E-state index contributed by atoms with van der Waals surface area (Å²) in [6, 6.07) is 9.14. The third-order valence-electron chi connectivity index (χ3n) is 4.73. The summed E-state index contributed by atoms with van der Waals surface area (Å²) >= 11 is 0. The molecule has 130 valence electrons. The molecule has 0 amide bonds. The van der Waals surface area contributed by atoms with Crippen LogP contribution < -0.4 is 0 Å². The van der Waals surface area contributed by atoms with Crippen LogP contribution in [0.5, 0.6) is 0 Å². The molecule has 0 N–H and O–H groups in total. The molecule has 0 atom stereocenters. The number of aryl methyl sites for hydroxylation is 1. The van der Waals surface area contributed by atoms with Gasteiger partial charge < -0.3 is 4.52 Å². The van der Waals surface area contributed by atoms with Crippen LogP contribution in [0.3, 0.4) is 0 Å². The van der Waals surface area contributed by atoms with E-state index in [2.05, 4.69) is 5.16 Å². The largest absolute Gasteiger partial charge is 0.361 e. The molecule has 1 fully saturated rings. The first-order valence-electron chi connectivity index (χ1n) is 8.45. The van der Waals surface area contributed by atoms with E-state index >= 15 is 0 Å². The van der Waals surface area contributed by atoms with Crippen LogP contribution in [0.1, 0.15) is 55.0 Å². The van der Waals surface area contributed by atoms with Gasteiger partial charge in [-0.3, -0.25) is 0 Å². The number of hydrogen-bond acceptors (Lipinski definition) is 4. The molecule has 6 heteroatoms. The van der Waals surface area contributed by atoms with Crippen molar-refractivity contribution in [2.75, 3.05) is 7.05 Å². The van der Waals surface area contributed by atoms with E-state index in [1.807, 2.05) is 12.1 Å². The first-order chi connectivity index (χ1) is 11.5. The van der Waals surface area contributed by atoms with Crippen molar-refractivity contribution in [1.82, 2.24) is 9.46 Å². The molecule has 1 heterocycles. The van der Waals surface area contributed by atoms with Crippen LogP contribution in [0.15, 0.2) is 39.8 Å². The van der Waals surface area contributed by atoms with Gasteiger partial charge in [0.05, 0.1) is 17.1 Å². The van der Waals surface area contributed by atoms with E-state index in [0.717, 1.165) is 0 Å². The quantitative estimate of drug-likeness (QED) is 0.823. The predicted octanol–water partition coefficient (Wildman–Crippen LogP) is 3.85. The van der Waals surface area contributed by atoms with Crippen LogP contribution >= 0.6 is 0 Å². The van der Waals surface area contributed by atoms with Gasteiger partial charge in [-0.2, -0.15) is 4.31 Å². The zero-order chi connectivity index (χ0) is 17.2. The Morgan fingerprint density at radius 3 is 2.42 bits per heavy atom. The second-order valence-electron chi connectivity index (χ2n) is 6.59. The summed E-state index contributed by atoms with van der Waals surface area (Å²) in [6.07, 6.45) is 6.26. The molecule has 0 spiro atoms. The Hall–Kier alpha value is -1.66. The first kappa shape index (κ1) is 17.2. The molecular weight excluding hydrogens is 324 g/mol. The predicted molar refractivity (Wildman–Crippen MR) is 92.2 cm³/mol. The van der Waals surface area contributed by atoms with Crippen molar-refractivity contribution in [3.8, 4) is 0 Å². The molecule has 24 heavy (non-hydrogen) atoms. The Kier molecular flexibility index (Phi) is 5.06. The lowest BCUT2D eigenvalue weighted by Crippen LogP contribution is -2.26. The molecule has 3 rings (SSSR count). The van der Waals surface area contributed by atoms with Crippen LogP contribution in [0.2, 0.25) is 0 Å². The summed E-state index contributed by atoms with van der Waals surface area (Å²) < 4.78 is 31.7. The highest BCUT2D eigenvalue weighted by atomic mass is 32.2. The molecule has 1 aliphatic carbocycles. The monoisotopic (exact) mass is 348 g/mol. The summed E-state index contributed by atoms with van der Waals surface area (Å²) in [6.45, 7) is 1.99. The average molecular weight is 348 g/mol. The van der Waals surface area contributed by atoms with E-state index in [0.29, 0.717) is 22.3 Å². The number of aromatic nitrogens is 1. The third-order valence-corrected chi connectivity index (χ3v) is 6.54. The fraction of sp³-hybridized carbons (Fsp3) is 0.500. The Morgan fingerprint density at radius 2 is 1.83 bits per heavy atom. The fourth-order valence-corrected chi connectivity index (χ4v) is 4.48. The molecule has 1 saturated carbocycles. The van der Waals surface area contributed by atoms with Gasteiger partial charge in [-0.1, -0.05) is 36.6 Å². The number of benzene rings is 1. The normalized spacial score (nSPS) is 16.6. The molecule has 1 aliphatic rings. The van der Waals surface area contributed by atoms with Crippen LogP contribution in [-0.2, 0) is 16.6 Å². The van der Waals surface area contributed by atoms with Crippen molar-refractivity contribution in [1.29, 1.82) is 0 Å². The molecule has 0 radical (unpaired) electrons. The molecule has 2 aromatic rings. The van der Waals surface area contributed by atoms with Gasteiger partial charge in [0.25, 0.3) is 0 Å². The summed E-state index contributed by atoms with van der Waals surface area (Å²) in [4.78, 5) is 0.324. The van der Waals surface area contributed by atoms with Crippen molar-refractivity contribution in [2.24, 2.45) is 0 Å². The van der Waals surface area contributed by atoms with E-state index in [1.165, 1.54) is 42.0 Å². The second-order valence-corrected chi connectivity index (χ2v) is 8.64. The van der Waals surface area contributed by atoms with Gasteiger partial charge in [-0.05, 0) is 43.4 Å². The summed E-state index contributed by atoms with van der Waals surface area (Å²) in [5.41, 5.74) is 1.86. The van der Waals surface area contributed by atoms with E-state index in [9.17, 15) is 8.42 Å². The lowest BCUT2D eigenvalue weighted by molar-refractivity contribution is 0.378. The van der Waals surface area contributed by atoms with Gasteiger partial charge in [0.2, 0.25) is 10.0 Å². The Bertz CT molecular complexity index is 775. The van der Waals surface area contributed by atoms with E-state index in [4.69, 9.17) is 4.52 Å². The van der Waals surface area contributed by atoms with Crippen molar-refractivity contribution in [3.63, 3.8) is 0 Å². The second kappa shape index (κ2) is 7.07. The molecule has 0 bridgehead atoms. The summed E-state index contributed by atoms with van der Waals surface area (Å²) in [5.74, 6) is 1.25. The Labute approximate surface area is 143 Å². The van der Waals surface area contributed by atoms with Crippen LogP contribution in [0, 0.1) is 6.92 Å². The van der Waals surface area contributed by atoms with E-state index in [1.54, 1.807) is 32.2 Å². The molecule has 1 aromatic carbocycles. The van der Waals surface area contributed by atoms with Gasteiger partial charge in [-0.15, -0.1) is 0 Å². The highest BCUT2D eigenvalue weighted by molar-refractivity contribution is 7.89. The van der Waals surface area contributed by atoms with Gasteiger partial charge in [0.1, 0.15) is 5.76 Å². The van der Waals surface area contributed by atoms with Gasteiger partial charge >= 0.3 is 0 Å². The third kappa shape index (κ3) is 3.70. The van der Waals surface area contributed by atoms with Crippen LogP contribution in [0.25, 0.3) is 0 Å². The summed E-state index contributed by atoms with van der Waals surface area (Å²) in [7, 11) is -1.96. The number of hydrogen-bond donors (Lipinski definition) is 0. The van der Waals surface area contributed by atoms with Crippen molar-refractivity contribution >= 4 is 10.0 Å². The zero-order valence-corrected chi connectivity index (χ0v) is 15.1. The van der Waals surface area contributed by atoms with Gasteiger partial charge in [-0.25, -0.2) is 8.42 Å². The lowest BCUT2D eigenvalue weighted by Gasteiger charge is -2.22. The highest BCUT2D eigenvalue weighted by Crippen LogP contribution is 2.33. The Morgan fingerprint density at radius 1 is 1.17 bits per heavy atom. The molecule has 0 aliphatic heterocycles. The number of sulfonamides is 1. The highest BCUT2D eigenvalue weighted by Gasteiger charge is 2.23. The van der Waals surface area contributed by atoms with Crippen LogP contribution in [-0.4, -0.2) is 24.9 Å². The SMILES string of the molecule is Cc1cc(CN(C)S(=O)(=O)c2ccc(C3CCCCC3)cc2)no1. The van der Waals surface area contributed by atoms with Gasteiger partial charge in [0, 0.05) is 13.1 Å². The number of nitrogens with zero attached hydrogens (tertiary/aromatic N) is 2. The molecule has 5 nitrogen and oxygen atoms in total. The van der Waals surface area contributed by atoms with Gasteiger partial charge in [0.15, 0.2) is 0 Å². The average Bonchev–Trinajstić information content (AvgIpc) is 3.00. The zero-order valence-electron chi connectivity index (χ0n) is 14.2. The maximum atomic E-state index is 12.7. The molecule has 0 saturated heterocycles. The Balaban J connectivity index is 1.73. The van der Waals surface area contributed by atoms with E-state index < -0.39 is 10.0 Å². The summed E-state index contributed by atoms with van der Waals surface area (Å²) in [5, 5.41) is 3.86. The minimum absolute atomic E-state index is 0.198. The topological polar surface area (TPSA) is 63.4 Å². The molecule has 0 unspecified atom stereocenters. The molecular formula is C18H24N2O3S. The van der Waals surface area contributed by atoms with Crippen LogP contribution in [0.4, 0.5) is 0 Å². The minimum Gasteiger partial charge on any atom is -0.361 e. The smallest absolute Gasteiger partial charge is 0.243 e. The maximum Gasteiger partial charge on any atom is 0.243 e. The fourth-order valence-electron chi connectivity index (χ4n) is 3.33. The van der Waals surface area contributed by atoms with E-state index in [-0.39, 0.29) is 6.54 Å². The van der Waals surface area contributed by atoms with Crippen molar-refractivity contribution < 1.29 is 12.9 Å². The lowest BCUT2D eigenvalue weighted by atomic mass is 9.84. The standard InChI is InChI=1S/C18H24N2O3S/c1-14-12-17(19-23-14)13-20(2)24(21,22)18-10-8-16(9-11-18)15-6-4-3-5-7-15/h8-12,15H,3-7,13H2,1-2H3. The molecule has 1 aromatic heterocycles. The number of rotatable bonds is 5. The minimum atomic E-state index is -3.52. The van der Waals surface area contributed by atoms with Crippen molar-refractivity contribution in [2.45, 2.75) is 56.4 Å². The first-order valence-corrected chi connectivity index (χ1v) is 9.89.